The van der Waals surface area contributed by atoms with Gasteiger partial charge in [0.2, 0.25) is 0 Å². The maximum atomic E-state index is 13.7. The quantitative estimate of drug-likeness (QED) is 0.779. The Hall–Kier alpha value is -1.82. The van der Waals surface area contributed by atoms with Gasteiger partial charge in [0.1, 0.15) is 0 Å². The summed E-state index contributed by atoms with van der Waals surface area (Å²) in [6, 6.07) is 3.55. The van der Waals surface area contributed by atoms with Crippen LogP contribution in [0.5, 0.6) is 0 Å². The van der Waals surface area contributed by atoms with Gasteiger partial charge >= 0.3 is 6.18 Å². The van der Waals surface area contributed by atoms with Crippen molar-refractivity contribution in [2.24, 2.45) is 11.3 Å². The first kappa shape index (κ1) is 13.6. The number of alkyl halides is 3. The fourth-order valence-electron chi connectivity index (χ4n) is 5.16. The second-order valence-electron chi connectivity index (χ2n) is 7.11. The summed E-state index contributed by atoms with van der Waals surface area (Å²) in [7, 11) is 0. The molecule has 1 heterocycles. The third-order valence-electron chi connectivity index (χ3n) is 6.01. The van der Waals surface area contributed by atoms with Crippen LogP contribution in [0.3, 0.4) is 0 Å². The van der Waals surface area contributed by atoms with E-state index in [1.807, 2.05) is 0 Å². The second kappa shape index (κ2) is 3.98. The first-order valence-electron chi connectivity index (χ1n) is 7.86. The van der Waals surface area contributed by atoms with Gasteiger partial charge in [-0.05, 0) is 54.4 Å². The van der Waals surface area contributed by atoms with Gasteiger partial charge in [-0.1, -0.05) is 6.07 Å². The minimum atomic E-state index is -4.49. The molecular formula is C17H15F3N2O. The molecule has 3 aliphatic carbocycles. The normalized spacial score (nSPS) is 32.5. The molecule has 5 rings (SSSR count). The molecule has 1 saturated carbocycles. The third-order valence-corrected chi connectivity index (χ3v) is 6.01. The van der Waals surface area contributed by atoms with Gasteiger partial charge < -0.3 is 5.11 Å². The van der Waals surface area contributed by atoms with Gasteiger partial charge in [0.15, 0.2) is 0 Å². The molecule has 3 nitrogen and oxygen atoms in total. The predicted octanol–water partition coefficient (Wildman–Crippen LogP) is 3.60. The Labute approximate surface area is 130 Å². The first-order chi connectivity index (χ1) is 10.9. The van der Waals surface area contributed by atoms with E-state index < -0.39 is 23.3 Å². The van der Waals surface area contributed by atoms with Crippen molar-refractivity contribution in [1.29, 1.82) is 0 Å². The number of aliphatic hydroxyl groups is 1. The van der Waals surface area contributed by atoms with E-state index in [0.29, 0.717) is 30.4 Å². The Bertz CT molecular complexity index is 866. The van der Waals surface area contributed by atoms with E-state index in [9.17, 15) is 18.3 Å². The number of allylic oxidation sites excluding steroid dienone is 1. The highest BCUT2D eigenvalue weighted by Crippen LogP contribution is 2.65. The molecule has 2 N–H and O–H groups in total. The van der Waals surface area contributed by atoms with Crippen LogP contribution in [0.1, 0.15) is 30.4 Å². The van der Waals surface area contributed by atoms with Crippen molar-refractivity contribution < 1.29 is 18.3 Å². The zero-order chi connectivity index (χ0) is 16.0. The van der Waals surface area contributed by atoms with Crippen LogP contribution < -0.4 is 0 Å². The van der Waals surface area contributed by atoms with Crippen molar-refractivity contribution in [2.45, 2.75) is 38.0 Å². The van der Waals surface area contributed by atoms with Gasteiger partial charge in [-0.25, -0.2) is 0 Å². The molecule has 0 saturated heterocycles. The van der Waals surface area contributed by atoms with Crippen LogP contribution in [0.2, 0.25) is 0 Å². The van der Waals surface area contributed by atoms with Crippen LogP contribution in [-0.2, 0) is 6.42 Å². The summed E-state index contributed by atoms with van der Waals surface area (Å²) in [5.74, 6) is -0.274. The van der Waals surface area contributed by atoms with E-state index in [-0.39, 0.29) is 5.92 Å². The number of hydrogen-bond acceptors (Lipinski definition) is 2. The van der Waals surface area contributed by atoms with Crippen molar-refractivity contribution in [3.63, 3.8) is 0 Å². The topological polar surface area (TPSA) is 48.9 Å². The number of benzene rings is 1. The molecule has 1 fully saturated rings. The Balaban J connectivity index is 1.87. The summed E-state index contributed by atoms with van der Waals surface area (Å²) in [6.07, 6.45) is -1.54. The van der Waals surface area contributed by atoms with Gasteiger partial charge in [-0.2, -0.15) is 18.3 Å². The summed E-state index contributed by atoms with van der Waals surface area (Å²) >= 11 is 0. The van der Waals surface area contributed by atoms with Crippen LogP contribution in [0, 0.1) is 11.3 Å². The van der Waals surface area contributed by atoms with Crippen LogP contribution in [0.4, 0.5) is 13.2 Å². The average molecular weight is 320 g/mol. The second-order valence-corrected chi connectivity index (χ2v) is 7.11. The van der Waals surface area contributed by atoms with Crippen molar-refractivity contribution in [3.05, 3.63) is 35.0 Å². The van der Waals surface area contributed by atoms with E-state index in [2.05, 4.69) is 10.2 Å². The molecule has 1 aromatic heterocycles. The maximum absolute atomic E-state index is 13.7. The lowest BCUT2D eigenvalue weighted by Gasteiger charge is -2.36. The molecule has 1 unspecified atom stereocenters. The molecule has 0 aliphatic heterocycles. The number of nitrogens with one attached hydrogen (secondary N) is 1. The molecule has 3 aliphatic rings. The number of H-pyrrole nitrogens is 1. The first-order valence-corrected chi connectivity index (χ1v) is 7.86. The lowest BCUT2D eigenvalue weighted by atomic mass is 9.70. The highest BCUT2D eigenvalue weighted by Gasteiger charge is 2.59. The van der Waals surface area contributed by atoms with E-state index >= 15 is 0 Å². The number of fused-ring (bicyclic) bond motifs is 5. The van der Waals surface area contributed by atoms with Gasteiger partial charge in [-0.3, -0.25) is 5.10 Å². The summed E-state index contributed by atoms with van der Waals surface area (Å²) in [5, 5.41) is 18.1. The molecule has 23 heavy (non-hydrogen) atoms. The van der Waals surface area contributed by atoms with Crippen molar-refractivity contribution in [3.8, 4) is 0 Å². The molecule has 2 aromatic rings. The monoisotopic (exact) mass is 320 g/mol. The van der Waals surface area contributed by atoms with Gasteiger partial charge in [0.25, 0.3) is 0 Å². The predicted molar refractivity (Wildman–Crippen MR) is 78.6 cm³/mol. The lowest BCUT2D eigenvalue weighted by Crippen LogP contribution is -2.37. The molecular weight excluding hydrogens is 305 g/mol. The number of halogens is 3. The van der Waals surface area contributed by atoms with Crippen LogP contribution in [-0.4, -0.2) is 27.6 Å². The molecule has 0 radical (unpaired) electrons. The minimum absolute atomic E-state index is 0.274. The molecule has 3 atom stereocenters. The highest BCUT2D eigenvalue weighted by molar-refractivity contribution is 5.93. The van der Waals surface area contributed by atoms with E-state index in [1.165, 1.54) is 0 Å². The van der Waals surface area contributed by atoms with Gasteiger partial charge in [0.05, 0.1) is 23.4 Å². The van der Waals surface area contributed by atoms with Crippen molar-refractivity contribution in [2.75, 3.05) is 0 Å². The zero-order valence-corrected chi connectivity index (χ0v) is 12.2. The highest BCUT2D eigenvalue weighted by atomic mass is 19.4. The summed E-state index contributed by atoms with van der Waals surface area (Å²) in [5.41, 5.74) is 1.65. The van der Waals surface area contributed by atoms with E-state index in [0.717, 1.165) is 22.9 Å². The Morgan fingerprint density at radius 1 is 1.30 bits per heavy atom. The standard InChI is InChI=1S/C17H15F3N2O/c18-17(19,20)14-13-9-1-2-12-11(7-21-22-12)10(9)6-16(13)4-3-8(5-16)15(14)23/h1-2,7-8,15,23H,3-6H2,(H,21,22)/t8-,15+,16?/m1/s1. The summed E-state index contributed by atoms with van der Waals surface area (Å²) in [4.78, 5) is 0. The minimum Gasteiger partial charge on any atom is -0.388 e. The summed E-state index contributed by atoms with van der Waals surface area (Å²) < 4.78 is 41.1. The molecule has 2 bridgehead atoms. The third kappa shape index (κ3) is 1.57. The average Bonchev–Trinajstić information content (AvgIpc) is 3.15. The SMILES string of the molecule is O[C@@H]1C(C(F)(F)F)=C2c3ccc4[nH]ncc4c3CC23CC[C@@H]1C3. The number of nitrogens with zero attached hydrogens (tertiary/aromatic N) is 1. The number of aliphatic hydroxyl groups excluding tert-OH is 1. The van der Waals surface area contributed by atoms with E-state index in [1.54, 1.807) is 18.3 Å². The number of aromatic nitrogens is 2. The Morgan fingerprint density at radius 2 is 2.13 bits per heavy atom. The smallest absolute Gasteiger partial charge is 0.388 e. The molecule has 6 heteroatoms. The van der Waals surface area contributed by atoms with Gasteiger partial charge in [-0.15, -0.1) is 0 Å². The molecule has 1 aromatic carbocycles. The van der Waals surface area contributed by atoms with Crippen LogP contribution >= 0.6 is 0 Å². The fourth-order valence-corrected chi connectivity index (χ4v) is 5.16. The fraction of sp³-hybridized carbons (Fsp3) is 0.471. The largest absolute Gasteiger partial charge is 0.415 e. The number of aromatic amines is 1. The van der Waals surface area contributed by atoms with Crippen LogP contribution in [0.25, 0.3) is 16.5 Å². The molecule has 0 amide bonds. The number of rotatable bonds is 0. The lowest BCUT2D eigenvalue weighted by molar-refractivity contribution is -0.111. The van der Waals surface area contributed by atoms with Gasteiger partial charge in [0, 0.05) is 10.8 Å². The maximum Gasteiger partial charge on any atom is 0.415 e. The Morgan fingerprint density at radius 3 is 2.91 bits per heavy atom. The zero-order valence-electron chi connectivity index (χ0n) is 12.2. The number of hydrogen-bond donors (Lipinski definition) is 2. The van der Waals surface area contributed by atoms with Crippen molar-refractivity contribution >= 4 is 16.5 Å². The Kier molecular flexibility index (Phi) is 2.35. The van der Waals surface area contributed by atoms with Crippen molar-refractivity contribution in [1.82, 2.24) is 10.2 Å². The summed E-state index contributed by atoms with van der Waals surface area (Å²) in [6.45, 7) is 0. The van der Waals surface area contributed by atoms with E-state index in [4.69, 9.17) is 0 Å². The molecule has 120 valence electrons. The molecule has 1 spiro atoms. The van der Waals surface area contributed by atoms with Crippen LogP contribution in [0.15, 0.2) is 23.9 Å².